The summed E-state index contributed by atoms with van der Waals surface area (Å²) in [4.78, 5) is 36.2. The van der Waals surface area contributed by atoms with Crippen molar-refractivity contribution in [1.29, 1.82) is 0 Å². The van der Waals surface area contributed by atoms with Crippen LogP contribution < -0.4 is 5.32 Å². The molecule has 2 unspecified atom stereocenters. The van der Waals surface area contributed by atoms with Gasteiger partial charge < -0.3 is 15.3 Å². The number of likely N-dealkylation sites (tertiary alicyclic amines) is 1. The van der Waals surface area contributed by atoms with Gasteiger partial charge in [-0.3, -0.25) is 14.4 Å². The third-order valence-corrected chi connectivity index (χ3v) is 4.02. The zero-order valence-electron chi connectivity index (χ0n) is 13.1. The van der Waals surface area contributed by atoms with E-state index in [1.54, 1.807) is 35.6 Å². The predicted molar refractivity (Wildman–Crippen MR) is 80.6 cm³/mol. The van der Waals surface area contributed by atoms with Crippen molar-refractivity contribution in [3.8, 4) is 0 Å². The number of rotatable bonds is 5. The summed E-state index contributed by atoms with van der Waals surface area (Å²) < 4.78 is 36.2. The van der Waals surface area contributed by atoms with Crippen LogP contribution in [0.3, 0.4) is 0 Å². The maximum atomic E-state index is 12.1. The number of carbonyl (C=O) groups is 3. The van der Waals surface area contributed by atoms with Crippen LogP contribution in [0.2, 0.25) is 0 Å². The van der Waals surface area contributed by atoms with Crippen molar-refractivity contribution in [3.05, 3.63) is 35.9 Å². The summed E-state index contributed by atoms with van der Waals surface area (Å²) in [6.45, 7) is -1.49. The Hall–Kier alpha value is -2.58. The molecule has 0 aromatic heterocycles. The number of benzene rings is 1. The van der Waals surface area contributed by atoms with Crippen molar-refractivity contribution in [2.24, 2.45) is 5.92 Å². The lowest BCUT2D eigenvalue weighted by Gasteiger charge is -2.16. The topological polar surface area (TPSA) is 86.7 Å². The van der Waals surface area contributed by atoms with E-state index in [0.717, 1.165) is 5.56 Å². The van der Waals surface area contributed by atoms with Crippen LogP contribution in [-0.2, 0) is 14.4 Å². The molecular weight excluding hydrogens is 341 g/mol. The third kappa shape index (κ3) is 5.20. The van der Waals surface area contributed by atoms with E-state index in [9.17, 15) is 32.7 Å². The van der Waals surface area contributed by atoms with E-state index in [2.05, 4.69) is 0 Å². The second-order valence-corrected chi connectivity index (χ2v) is 5.83. The van der Waals surface area contributed by atoms with Gasteiger partial charge in [0.05, 0.1) is 5.92 Å². The number of carboxylic acids is 1. The monoisotopic (exact) mass is 358 g/mol. The van der Waals surface area contributed by atoms with E-state index in [1.807, 2.05) is 0 Å². The molecule has 1 aromatic rings. The second-order valence-electron chi connectivity index (χ2n) is 5.83. The highest BCUT2D eigenvalue weighted by Gasteiger charge is 2.40. The molecule has 0 bridgehead atoms. The number of halogens is 3. The number of carbonyl (C=O) groups excluding carboxylic acids is 2. The number of amides is 2. The Bertz CT molecular complexity index is 649. The lowest BCUT2D eigenvalue weighted by Crippen LogP contribution is -2.38. The quantitative estimate of drug-likeness (QED) is 0.779. The summed E-state index contributed by atoms with van der Waals surface area (Å²) in [5.41, 5.74) is 0.756. The highest BCUT2D eigenvalue weighted by atomic mass is 19.4. The minimum Gasteiger partial charge on any atom is -0.481 e. The van der Waals surface area contributed by atoms with Gasteiger partial charge in [0.1, 0.15) is 13.0 Å². The number of alkyl halides is 3. The zero-order valence-corrected chi connectivity index (χ0v) is 13.1. The molecule has 1 aromatic carbocycles. The predicted octanol–water partition coefficient (Wildman–Crippen LogP) is 1.38. The Kier molecular flexibility index (Phi) is 5.66. The van der Waals surface area contributed by atoms with Crippen LogP contribution in [0.15, 0.2) is 30.3 Å². The van der Waals surface area contributed by atoms with Gasteiger partial charge in [-0.15, -0.1) is 0 Å². The van der Waals surface area contributed by atoms with E-state index in [1.165, 1.54) is 4.90 Å². The maximum absolute atomic E-state index is 12.1. The van der Waals surface area contributed by atoms with Gasteiger partial charge in [0, 0.05) is 19.0 Å². The Balaban J connectivity index is 1.99. The van der Waals surface area contributed by atoms with E-state index >= 15 is 0 Å². The van der Waals surface area contributed by atoms with Gasteiger partial charge in [-0.1, -0.05) is 30.3 Å². The van der Waals surface area contributed by atoms with Crippen molar-refractivity contribution >= 4 is 17.8 Å². The van der Waals surface area contributed by atoms with Crippen LogP contribution in [0.25, 0.3) is 0 Å². The van der Waals surface area contributed by atoms with E-state index in [-0.39, 0.29) is 13.1 Å². The van der Waals surface area contributed by atoms with Gasteiger partial charge >= 0.3 is 12.1 Å². The fourth-order valence-corrected chi connectivity index (χ4v) is 2.81. The van der Waals surface area contributed by atoms with Crippen molar-refractivity contribution < 1.29 is 32.7 Å². The van der Waals surface area contributed by atoms with E-state index in [0.29, 0.717) is 0 Å². The van der Waals surface area contributed by atoms with E-state index in [4.69, 9.17) is 0 Å². The van der Waals surface area contributed by atoms with Crippen LogP contribution in [0.4, 0.5) is 13.2 Å². The SMILES string of the molecule is O=C(CC(=O)N1CC(C(=O)O)C(c2ccccc2)C1)NCC(F)(F)F. The average molecular weight is 358 g/mol. The molecule has 0 radical (unpaired) electrons. The summed E-state index contributed by atoms with van der Waals surface area (Å²) in [6, 6.07) is 8.80. The highest BCUT2D eigenvalue weighted by molar-refractivity contribution is 5.97. The Labute approximate surface area is 141 Å². The Morgan fingerprint density at radius 1 is 1.16 bits per heavy atom. The lowest BCUT2D eigenvalue weighted by molar-refractivity contribution is -0.143. The highest BCUT2D eigenvalue weighted by Crippen LogP contribution is 2.33. The largest absolute Gasteiger partial charge is 0.481 e. The summed E-state index contributed by atoms with van der Waals surface area (Å²) in [7, 11) is 0. The summed E-state index contributed by atoms with van der Waals surface area (Å²) >= 11 is 0. The van der Waals surface area contributed by atoms with Crippen LogP contribution in [0.5, 0.6) is 0 Å². The number of aliphatic carboxylic acids is 1. The summed E-state index contributed by atoms with van der Waals surface area (Å²) in [5.74, 6) is -4.06. The fourth-order valence-electron chi connectivity index (χ4n) is 2.81. The number of hydrogen-bond acceptors (Lipinski definition) is 3. The molecule has 0 spiro atoms. The molecule has 136 valence electrons. The fraction of sp³-hybridized carbons (Fsp3) is 0.438. The molecule has 1 heterocycles. The van der Waals surface area contributed by atoms with Crippen LogP contribution >= 0.6 is 0 Å². The van der Waals surface area contributed by atoms with Gasteiger partial charge in [-0.2, -0.15) is 13.2 Å². The Morgan fingerprint density at radius 2 is 1.80 bits per heavy atom. The van der Waals surface area contributed by atoms with Gasteiger partial charge in [0.15, 0.2) is 0 Å². The molecule has 2 N–H and O–H groups in total. The first-order valence-electron chi connectivity index (χ1n) is 7.56. The van der Waals surface area contributed by atoms with Crippen LogP contribution in [-0.4, -0.2) is 53.6 Å². The zero-order chi connectivity index (χ0) is 18.6. The normalized spacial score (nSPS) is 20.4. The minimum absolute atomic E-state index is 0.0831. The molecule has 6 nitrogen and oxygen atoms in total. The third-order valence-electron chi connectivity index (χ3n) is 4.02. The molecule has 1 aliphatic rings. The van der Waals surface area contributed by atoms with Crippen molar-refractivity contribution in [1.82, 2.24) is 10.2 Å². The van der Waals surface area contributed by atoms with Gasteiger partial charge in [0.25, 0.3) is 0 Å². The summed E-state index contributed by atoms with van der Waals surface area (Å²) in [6.07, 6.45) is -5.30. The molecule has 9 heteroatoms. The molecule has 1 aliphatic heterocycles. The number of hydrogen-bond donors (Lipinski definition) is 2. The molecule has 1 saturated heterocycles. The molecule has 25 heavy (non-hydrogen) atoms. The smallest absolute Gasteiger partial charge is 0.405 e. The van der Waals surface area contributed by atoms with Gasteiger partial charge in [-0.25, -0.2) is 0 Å². The van der Waals surface area contributed by atoms with E-state index < -0.39 is 48.8 Å². The maximum Gasteiger partial charge on any atom is 0.405 e. The number of nitrogens with zero attached hydrogens (tertiary/aromatic N) is 1. The molecule has 1 fully saturated rings. The summed E-state index contributed by atoms with van der Waals surface area (Å²) in [5, 5.41) is 11.0. The van der Waals surface area contributed by atoms with Gasteiger partial charge in [-0.05, 0) is 5.56 Å². The minimum atomic E-state index is -4.56. The Morgan fingerprint density at radius 3 is 2.36 bits per heavy atom. The standard InChI is InChI=1S/C16H17F3N2O4/c17-16(18,19)9-20-13(22)6-14(23)21-7-11(12(8-21)15(24)25)10-4-2-1-3-5-10/h1-5,11-12H,6-9H2,(H,20,22)(H,24,25). The molecule has 2 atom stereocenters. The number of nitrogens with one attached hydrogen (secondary N) is 1. The van der Waals surface area contributed by atoms with Gasteiger partial charge in [0.2, 0.25) is 11.8 Å². The second kappa shape index (κ2) is 7.54. The first-order valence-corrected chi connectivity index (χ1v) is 7.56. The molecule has 2 amide bonds. The van der Waals surface area contributed by atoms with Crippen molar-refractivity contribution in [2.75, 3.05) is 19.6 Å². The lowest BCUT2D eigenvalue weighted by atomic mass is 9.89. The van der Waals surface area contributed by atoms with Crippen LogP contribution in [0, 0.1) is 5.92 Å². The van der Waals surface area contributed by atoms with Crippen LogP contribution in [0.1, 0.15) is 17.9 Å². The molecule has 2 rings (SSSR count). The van der Waals surface area contributed by atoms with Crippen molar-refractivity contribution in [2.45, 2.75) is 18.5 Å². The van der Waals surface area contributed by atoms with Crippen molar-refractivity contribution in [3.63, 3.8) is 0 Å². The first kappa shape index (κ1) is 18.8. The first-order chi connectivity index (χ1) is 11.7. The number of carboxylic acid groups (broad SMARTS) is 1. The average Bonchev–Trinajstić information content (AvgIpc) is 2.99. The molecule has 0 aliphatic carbocycles. The molecular formula is C16H17F3N2O4. The molecule has 0 saturated carbocycles.